The first-order chi connectivity index (χ1) is 14.1. The van der Waals surface area contributed by atoms with Crippen LogP contribution < -0.4 is 15.4 Å². The van der Waals surface area contributed by atoms with Crippen LogP contribution in [0, 0.1) is 5.92 Å². The van der Waals surface area contributed by atoms with Gasteiger partial charge in [0.2, 0.25) is 0 Å². The average Bonchev–Trinajstić information content (AvgIpc) is 2.74. The minimum Gasteiger partial charge on any atom is -0.497 e. The van der Waals surface area contributed by atoms with Crippen molar-refractivity contribution in [2.24, 2.45) is 5.92 Å². The van der Waals surface area contributed by atoms with E-state index in [9.17, 15) is 9.59 Å². The molecule has 2 amide bonds. The number of thioether (sulfide) groups is 1. The van der Waals surface area contributed by atoms with Gasteiger partial charge in [0.1, 0.15) is 11.7 Å². The van der Waals surface area contributed by atoms with Crippen molar-refractivity contribution in [1.29, 1.82) is 0 Å². The number of carbonyl (C=O) groups is 2. The van der Waals surface area contributed by atoms with Crippen LogP contribution in [0.3, 0.4) is 0 Å². The summed E-state index contributed by atoms with van der Waals surface area (Å²) >= 11 is 1.53. The first-order valence-electron chi connectivity index (χ1n) is 9.36. The van der Waals surface area contributed by atoms with Crippen molar-refractivity contribution in [3.05, 3.63) is 76.8 Å². The molecule has 1 fully saturated rings. The summed E-state index contributed by atoms with van der Waals surface area (Å²) in [6.07, 6.45) is 0. The maximum atomic E-state index is 12.8. The fourth-order valence-corrected chi connectivity index (χ4v) is 3.99. The highest BCUT2D eigenvalue weighted by Crippen LogP contribution is 2.33. The van der Waals surface area contributed by atoms with E-state index in [-0.39, 0.29) is 18.6 Å². The number of benzene rings is 2. The summed E-state index contributed by atoms with van der Waals surface area (Å²) in [5.41, 5.74) is 2.50. The molecule has 1 aliphatic rings. The Morgan fingerprint density at radius 1 is 1.14 bits per heavy atom. The second kappa shape index (κ2) is 10.0. The number of ether oxygens (including phenoxy) is 2. The van der Waals surface area contributed by atoms with Crippen molar-refractivity contribution >= 4 is 23.8 Å². The van der Waals surface area contributed by atoms with Crippen molar-refractivity contribution in [2.75, 3.05) is 13.7 Å². The molecule has 0 radical (unpaired) electrons. The van der Waals surface area contributed by atoms with Gasteiger partial charge in [-0.3, -0.25) is 4.79 Å². The second-order valence-corrected chi connectivity index (χ2v) is 7.31. The summed E-state index contributed by atoms with van der Waals surface area (Å²) in [5, 5.41) is 7.47. The molecule has 0 aromatic heterocycles. The van der Waals surface area contributed by atoms with Crippen LogP contribution in [0.2, 0.25) is 0 Å². The maximum Gasteiger partial charge on any atom is 0.319 e. The number of methoxy groups -OCH3 is 1. The number of urea groups is 1. The van der Waals surface area contributed by atoms with E-state index in [4.69, 9.17) is 9.47 Å². The highest BCUT2D eigenvalue weighted by atomic mass is 32.2. The van der Waals surface area contributed by atoms with Crippen molar-refractivity contribution < 1.29 is 19.1 Å². The van der Waals surface area contributed by atoms with E-state index < -0.39 is 12.0 Å². The molecular formula is C22H24N2O4S. The predicted molar refractivity (Wildman–Crippen MR) is 113 cm³/mol. The van der Waals surface area contributed by atoms with Gasteiger partial charge in [-0.25, -0.2) is 4.79 Å². The molecule has 0 saturated carbocycles. The molecule has 2 atom stereocenters. The molecular weight excluding hydrogens is 388 g/mol. The summed E-state index contributed by atoms with van der Waals surface area (Å²) in [6.45, 7) is 2.03. The third-order valence-corrected chi connectivity index (χ3v) is 5.45. The van der Waals surface area contributed by atoms with E-state index in [2.05, 4.69) is 10.6 Å². The standard InChI is InChI=1S/C22H24N2O4S/c1-3-28-21(25)19-18(14-29-13-15-7-5-4-6-8-15)23-22(26)24-20(19)16-9-11-17(27-2)12-10-16/h4-12,14,19-20H,3,13H2,1-2H3,(H2,23,24,26)/b18-14+/t19-,20+/m0/s1. The molecule has 0 bridgehead atoms. The normalized spacial score (nSPS) is 19.9. The smallest absolute Gasteiger partial charge is 0.319 e. The molecule has 1 heterocycles. The zero-order valence-corrected chi connectivity index (χ0v) is 17.2. The molecule has 2 aromatic rings. The summed E-state index contributed by atoms with van der Waals surface area (Å²) in [4.78, 5) is 25.1. The second-order valence-electron chi connectivity index (χ2n) is 6.45. The van der Waals surface area contributed by atoms with E-state index in [1.54, 1.807) is 26.2 Å². The molecule has 152 valence electrons. The van der Waals surface area contributed by atoms with Crippen molar-refractivity contribution in [1.82, 2.24) is 10.6 Å². The van der Waals surface area contributed by atoms with Gasteiger partial charge < -0.3 is 20.1 Å². The fourth-order valence-electron chi connectivity index (χ4n) is 3.14. The van der Waals surface area contributed by atoms with Gasteiger partial charge in [-0.15, -0.1) is 11.8 Å². The zero-order valence-electron chi connectivity index (χ0n) is 16.4. The third kappa shape index (κ3) is 5.32. The number of hydrogen-bond acceptors (Lipinski definition) is 5. The molecule has 0 spiro atoms. The number of rotatable bonds is 7. The minimum atomic E-state index is -0.663. The van der Waals surface area contributed by atoms with Crippen molar-refractivity contribution in [3.63, 3.8) is 0 Å². The Bertz CT molecular complexity index is 868. The lowest BCUT2D eigenvalue weighted by Gasteiger charge is -2.33. The van der Waals surface area contributed by atoms with Gasteiger partial charge in [0.25, 0.3) is 0 Å². The van der Waals surface area contributed by atoms with Gasteiger partial charge in [-0.1, -0.05) is 42.5 Å². The van der Waals surface area contributed by atoms with Gasteiger partial charge in [-0.05, 0) is 35.6 Å². The quantitative estimate of drug-likeness (QED) is 0.672. The van der Waals surface area contributed by atoms with Gasteiger partial charge in [0, 0.05) is 11.4 Å². The van der Waals surface area contributed by atoms with Crippen molar-refractivity contribution in [3.8, 4) is 5.75 Å². The largest absolute Gasteiger partial charge is 0.497 e. The Balaban J connectivity index is 1.86. The lowest BCUT2D eigenvalue weighted by atomic mass is 9.89. The molecule has 29 heavy (non-hydrogen) atoms. The highest BCUT2D eigenvalue weighted by molar-refractivity contribution is 8.01. The average molecular weight is 413 g/mol. The Morgan fingerprint density at radius 3 is 2.52 bits per heavy atom. The zero-order chi connectivity index (χ0) is 20.6. The Kier molecular flexibility index (Phi) is 7.19. The summed E-state index contributed by atoms with van der Waals surface area (Å²) < 4.78 is 10.5. The van der Waals surface area contributed by atoms with E-state index >= 15 is 0 Å². The molecule has 7 heteroatoms. The van der Waals surface area contributed by atoms with Crippen LogP contribution in [0.4, 0.5) is 4.79 Å². The lowest BCUT2D eigenvalue weighted by molar-refractivity contribution is -0.147. The van der Waals surface area contributed by atoms with Crippen LogP contribution in [0.5, 0.6) is 5.75 Å². The number of carbonyl (C=O) groups excluding carboxylic acids is 2. The highest BCUT2D eigenvalue weighted by Gasteiger charge is 2.39. The Hall–Kier alpha value is -2.93. The number of amides is 2. The Labute approximate surface area is 174 Å². The third-order valence-electron chi connectivity index (χ3n) is 4.53. The summed E-state index contributed by atoms with van der Waals surface area (Å²) in [5.74, 6) is 0.392. The molecule has 1 saturated heterocycles. The van der Waals surface area contributed by atoms with Gasteiger partial charge in [0.05, 0.1) is 19.8 Å². The lowest BCUT2D eigenvalue weighted by Crippen LogP contribution is -2.51. The summed E-state index contributed by atoms with van der Waals surface area (Å²) in [6, 6.07) is 16.4. The molecule has 0 unspecified atom stereocenters. The van der Waals surface area contributed by atoms with Gasteiger partial charge in [0.15, 0.2) is 0 Å². The van der Waals surface area contributed by atoms with Crippen LogP contribution in [0.25, 0.3) is 0 Å². The topological polar surface area (TPSA) is 76.7 Å². The molecule has 2 N–H and O–H groups in total. The first-order valence-corrected chi connectivity index (χ1v) is 10.4. The van der Waals surface area contributed by atoms with Gasteiger partial charge >= 0.3 is 12.0 Å². The van der Waals surface area contributed by atoms with Crippen LogP contribution in [0.1, 0.15) is 24.1 Å². The van der Waals surface area contributed by atoms with E-state index in [1.807, 2.05) is 47.9 Å². The van der Waals surface area contributed by atoms with Crippen LogP contribution in [0.15, 0.2) is 65.7 Å². The predicted octanol–water partition coefficient (Wildman–Crippen LogP) is 4.00. The molecule has 3 rings (SSSR count). The van der Waals surface area contributed by atoms with Crippen LogP contribution >= 0.6 is 11.8 Å². The number of esters is 1. The molecule has 2 aromatic carbocycles. The SMILES string of the molecule is CCOC(=O)[C@H]1/C(=C\SCc2ccccc2)NC(=O)N[C@@H]1c1ccc(OC)cc1. The fraction of sp³-hybridized carbons (Fsp3) is 0.273. The first kappa shape index (κ1) is 20.8. The summed E-state index contributed by atoms with van der Waals surface area (Å²) in [7, 11) is 1.59. The van der Waals surface area contributed by atoms with E-state index in [0.717, 1.165) is 16.9 Å². The van der Waals surface area contributed by atoms with Gasteiger partial charge in [-0.2, -0.15) is 0 Å². The van der Waals surface area contributed by atoms with Crippen LogP contribution in [-0.4, -0.2) is 25.7 Å². The number of hydrogen-bond donors (Lipinski definition) is 2. The minimum absolute atomic E-state index is 0.267. The monoisotopic (exact) mass is 412 g/mol. The Morgan fingerprint density at radius 2 is 1.86 bits per heavy atom. The molecule has 6 nitrogen and oxygen atoms in total. The van der Waals surface area contributed by atoms with E-state index in [0.29, 0.717) is 11.4 Å². The number of nitrogens with one attached hydrogen (secondary N) is 2. The van der Waals surface area contributed by atoms with Crippen molar-refractivity contribution in [2.45, 2.75) is 18.7 Å². The van der Waals surface area contributed by atoms with E-state index in [1.165, 1.54) is 11.8 Å². The molecule has 1 aliphatic heterocycles. The van der Waals surface area contributed by atoms with Crippen LogP contribution in [-0.2, 0) is 15.3 Å². The maximum absolute atomic E-state index is 12.8. The molecule has 0 aliphatic carbocycles.